The molecule has 4 aromatic rings. The molecule has 1 aliphatic carbocycles. The molecule has 0 saturated heterocycles. The molecule has 0 unspecified atom stereocenters. The van der Waals surface area contributed by atoms with Crippen LogP contribution in [0.5, 0.6) is 5.75 Å². The van der Waals surface area contributed by atoms with Crippen LogP contribution < -0.4 is 10.1 Å². The molecule has 1 aliphatic rings. The number of aryl methyl sites for hydroxylation is 1. The second kappa shape index (κ2) is 7.50. The number of para-hydroxylation sites is 1. The number of rotatable bonds is 5. The Kier molecular flexibility index (Phi) is 4.69. The van der Waals surface area contributed by atoms with Crippen LogP contribution in [0.15, 0.2) is 48.5 Å². The summed E-state index contributed by atoms with van der Waals surface area (Å²) in [6.45, 7) is -0.0958. The molecule has 1 N–H and O–H groups in total. The molecule has 0 spiro atoms. The fourth-order valence-electron chi connectivity index (χ4n) is 3.46. The van der Waals surface area contributed by atoms with E-state index in [1.54, 1.807) is 40.3 Å². The highest BCUT2D eigenvalue weighted by molar-refractivity contribution is 7.20. The van der Waals surface area contributed by atoms with Gasteiger partial charge in [0, 0.05) is 10.6 Å². The molecular formula is C21H17ClN4O2S. The summed E-state index contributed by atoms with van der Waals surface area (Å²) in [5, 5.41) is 9.09. The van der Waals surface area contributed by atoms with Crippen molar-refractivity contribution in [2.24, 2.45) is 0 Å². The summed E-state index contributed by atoms with van der Waals surface area (Å²) >= 11 is 7.43. The Hall–Kier alpha value is -2.90. The normalized spacial score (nSPS) is 12.9. The molecule has 2 heterocycles. The van der Waals surface area contributed by atoms with Crippen molar-refractivity contribution in [1.82, 2.24) is 14.8 Å². The van der Waals surface area contributed by atoms with Crippen molar-refractivity contribution in [2.45, 2.75) is 19.3 Å². The van der Waals surface area contributed by atoms with Crippen LogP contribution in [0.1, 0.15) is 17.7 Å². The van der Waals surface area contributed by atoms with Gasteiger partial charge in [0.2, 0.25) is 5.13 Å². The number of hydrogen-bond donors (Lipinski definition) is 1. The van der Waals surface area contributed by atoms with Crippen LogP contribution in [0.4, 0.5) is 5.82 Å². The van der Waals surface area contributed by atoms with E-state index in [1.165, 1.54) is 0 Å². The zero-order valence-electron chi connectivity index (χ0n) is 15.4. The highest BCUT2D eigenvalue weighted by Crippen LogP contribution is 2.33. The first-order valence-corrected chi connectivity index (χ1v) is 10.5. The SMILES string of the molecule is O=C(COc1ccc(Cl)cc1)Nc1c2c(nn1-c1nc3ccccc3s1)CCC2. The van der Waals surface area contributed by atoms with Crippen LogP contribution in [0, 0.1) is 0 Å². The zero-order valence-corrected chi connectivity index (χ0v) is 17.0. The maximum atomic E-state index is 12.6. The molecule has 1 amide bonds. The molecule has 0 aliphatic heterocycles. The van der Waals surface area contributed by atoms with Crippen LogP contribution in [0.3, 0.4) is 0 Å². The largest absolute Gasteiger partial charge is 0.484 e. The van der Waals surface area contributed by atoms with Crippen LogP contribution >= 0.6 is 22.9 Å². The van der Waals surface area contributed by atoms with E-state index in [9.17, 15) is 4.79 Å². The minimum atomic E-state index is -0.239. The van der Waals surface area contributed by atoms with Gasteiger partial charge in [-0.1, -0.05) is 35.1 Å². The van der Waals surface area contributed by atoms with Crippen LogP contribution in [0.25, 0.3) is 15.3 Å². The lowest BCUT2D eigenvalue weighted by molar-refractivity contribution is -0.118. The lowest BCUT2D eigenvalue weighted by atomic mass is 10.2. The smallest absolute Gasteiger partial charge is 0.263 e. The molecule has 146 valence electrons. The lowest BCUT2D eigenvalue weighted by Gasteiger charge is -2.10. The molecule has 0 saturated carbocycles. The Morgan fingerprint density at radius 3 is 2.83 bits per heavy atom. The molecule has 29 heavy (non-hydrogen) atoms. The van der Waals surface area contributed by atoms with Crippen molar-refractivity contribution in [3.63, 3.8) is 0 Å². The summed E-state index contributed by atoms with van der Waals surface area (Å²) in [5.41, 5.74) is 3.04. The first-order valence-electron chi connectivity index (χ1n) is 9.32. The van der Waals surface area contributed by atoms with E-state index in [0.717, 1.165) is 45.9 Å². The van der Waals surface area contributed by atoms with E-state index in [2.05, 4.69) is 10.3 Å². The number of carbonyl (C=O) groups excluding carboxylic acids is 1. The van der Waals surface area contributed by atoms with E-state index in [-0.39, 0.29) is 12.5 Å². The maximum Gasteiger partial charge on any atom is 0.263 e. The number of benzene rings is 2. The number of halogens is 1. The average Bonchev–Trinajstić information content (AvgIpc) is 3.42. The fraction of sp³-hybridized carbons (Fsp3) is 0.190. The van der Waals surface area contributed by atoms with Gasteiger partial charge < -0.3 is 10.1 Å². The summed E-state index contributed by atoms with van der Waals surface area (Å²) < 4.78 is 8.41. The van der Waals surface area contributed by atoms with Gasteiger partial charge in [-0.05, 0) is 55.7 Å². The Morgan fingerprint density at radius 2 is 2.00 bits per heavy atom. The number of aromatic nitrogens is 3. The molecule has 2 aromatic carbocycles. The number of ether oxygens (including phenoxy) is 1. The summed E-state index contributed by atoms with van der Waals surface area (Å²) in [6.07, 6.45) is 2.85. The van der Waals surface area contributed by atoms with E-state index in [0.29, 0.717) is 16.6 Å². The van der Waals surface area contributed by atoms with Gasteiger partial charge in [-0.25, -0.2) is 4.98 Å². The van der Waals surface area contributed by atoms with Gasteiger partial charge in [0.1, 0.15) is 11.6 Å². The molecule has 8 heteroatoms. The van der Waals surface area contributed by atoms with Gasteiger partial charge in [0.05, 0.1) is 15.9 Å². The third-order valence-electron chi connectivity index (χ3n) is 4.81. The Bertz CT molecular complexity index is 1170. The number of nitrogens with one attached hydrogen (secondary N) is 1. The van der Waals surface area contributed by atoms with Gasteiger partial charge >= 0.3 is 0 Å². The number of fused-ring (bicyclic) bond motifs is 2. The summed E-state index contributed by atoms with van der Waals surface area (Å²) in [5.74, 6) is 1.05. The van der Waals surface area contributed by atoms with Gasteiger partial charge in [-0.15, -0.1) is 0 Å². The van der Waals surface area contributed by atoms with E-state index >= 15 is 0 Å². The van der Waals surface area contributed by atoms with Gasteiger partial charge in [0.25, 0.3) is 5.91 Å². The van der Waals surface area contributed by atoms with Crippen molar-refractivity contribution in [3.8, 4) is 10.9 Å². The number of hydrogen-bond acceptors (Lipinski definition) is 5. The van der Waals surface area contributed by atoms with Crippen LogP contribution in [0.2, 0.25) is 5.02 Å². The summed E-state index contributed by atoms with van der Waals surface area (Å²) in [6, 6.07) is 14.9. The van der Waals surface area contributed by atoms with Gasteiger partial charge in [0.15, 0.2) is 6.61 Å². The number of carbonyl (C=O) groups is 1. The first kappa shape index (κ1) is 18.1. The van der Waals surface area contributed by atoms with E-state index in [4.69, 9.17) is 21.4 Å². The van der Waals surface area contributed by atoms with Crippen LogP contribution in [-0.4, -0.2) is 27.3 Å². The van der Waals surface area contributed by atoms with Crippen molar-refractivity contribution in [1.29, 1.82) is 0 Å². The maximum absolute atomic E-state index is 12.6. The molecule has 0 bridgehead atoms. The Morgan fingerprint density at radius 1 is 1.17 bits per heavy atom. The monoisotopic (exact) mass is 424 g/mol. The van der Waals surface area contributed by atoms with Crippen molar-refractivity contribution in [2.75, 3.05) is 11.9 Å². The van der Waals surface area contributed by atoms with Crippen molar-refractivity contribution in [3.05, 3.63) is 64.8 Å². The molecule has 6 nitrogen and oxygen atoms in total. The highest BCUT2D eigenvalue weighted by Gasteiger charge is 2.25. The molecule has 0 radical (unpaired) electrons. The first-order chi connectivity index (χ1) is 14.2. The zero-order chi connectivity index (χ0) is 19.8. The molecule has 0 atom stereocenters. The van der Waals surface area contributed by atoms with E-state index in [1.807, 2.05) is 24.3 Å². The topological polar surface area (TPSA) is 69.0 Å². The second-order valence-corrected chi connectivity index (χ2v) is 8.24. The Balaban J connectivity index is 1.40. The van der Waals surface area contributed by atoms with Gasteiger partial charge in [-0.3, -0.25) is 4.79 Å². The predicted molar refractivity (Wildman–Crippen MR) is 114 cm³/mol. The molecular weight excluding hydrogens is 408 g/mol. The Labute approximate surface area is 176 Å². The third-order valence-corrected chi connectivity index (χ3v) is 6.08. The molecule has 0 fully saturated rings. The summed E-state index contributed by atoms with van der Waals surface area (Å²) in [7, 11) is 0. The van der Waals surface area contributed by atoms with Crippen LogP contribution in [-0.2, 0) is 17.6 Å². The number of thiazole rings is 1. The standard InChI is InChI=1S/C21H17ClN4O2S/c22-13-8-10-14(11-9-13)28-12-19(27)24-20-15-4-3-6-16(15)25-26(20)21-23-17-5-1-2-7-18(17)29-21/h1-2,5,7-11H,3-4,6,12H2,(H,24,27). The van der Waals surface area contributed by atoms with Crippen molar-refractivity contribution >= 4 is 44.9 Å². The van der Waals surface area contributed by atoms with Gasteiger partial charge in [-0.2, -0.15) is 9.78 Å². The quantitative estimate of drug-likeness (QED) is 0.506. The third kappa shape index (κ3) is 3.59. The molecule has 2 aromatic heterocycles. The van der Waals surface area contributed by atoms with E-state index < -0.39 is 0 Å². The second-order valence-electron chi connectivity index (χ2n) is 6.79. The van der Waals surface area contributed by atoms with Crippen molar-refractivity contribution < 1.29 is 9.53 Å². The predicted octanol–water partition coefficient (Wildman–Crippen LogP) is 4.64. The molecule has 5 rings (SSSR count). The fourth-order valence-corrected chi connectivity index (χ4v) is 4.51. The number of nitrogens with zero attached hydrogens (tertiary/aromatic N) is 3. The average molecular weight is 425 g/mol. The number of amides is 1. The highest BCUT2D eigenvalue weighted by atomic mass is 35.5. The lowest BCUT2D eigenvalue weighted by Crippen LogP contribution is -2.22. The number of anilines is 1. The summed E-state index contributed by atoms with van der Waals surface area (Å²) in [4.78, 5) is 17.3. The minimum absolute atomic E-state index is 0.0958. The minimum Gasteiger partial charge on any atom is -0.484 e.